The third-order valence-electron chi connectivity index (χ3n) is 2.07. The molecular weight excluding hydrogens is 223 g/mol. The zero-order chi connectivity index (χ0) is 12.3. The Bertz CT molecular complexity index is 262. The monoisotopic (exact) mass is 239 g/mol. The topological polar surface area (TPSA) is 35.5 Å². The third kappa shape index (κ3) is 3.61. The Labute approximate surface area is 95.3 Å². The molecular formula is C10H16ClFO3. The van der Waals surface area contributed by atoms with E-state index in [0.29, 0.717) is 0 Å². The molecule has 5 heteroatoms. The number of alkyl halides is 2. The molecule has 3 atom stereocenters. The van der Waals surface area contributed by atoms with Crippen molar-refractivity contribution in [2.45, 2.75) is 45.0 Å². The summed E-state index contributed by atoms with van der Waals surface area (Å²) in [5, 5.41) is 0. The Kier molecular flexibility index (Phi) is 3.46. The molecule has 1 heterocycles. The van der Waals surface area contributed by atoms with Gasteiger partial charge in [0.1, 0.15) is 24.4 Å². The molecule has 1 aliphatic heterocycles. The number of hydrogen-bond acceptors (Lipinski definition) is 3. The first-order valence-corrected chi connectivity index (χ1v) is 5.20. The summed E-state index contributed by atoms with van der Waals surface area (Å²) in [6.07, 6.45) is -1.87. The fourth-order valence-electron chi connectivity index (χ4n) is 1.16. The van der Waals surface area contributed by atoms with Crippen LogP contribution in [-0.2, 0) is 14.3 Å². The van der Waals surface area contributed by atoms with Crippen molar-refractivity contribution in [3.63, 3.8) is 0 Å². The number of esters is 1. The van der Waals surface area contributed by atoms with Crippen LogP contribution in [0.1, 0.15) is 28.5 Å². The van der Waals surface area contributed by atoms with E-state index >= 15 is 0 Å². The number of carbonyl (C=O) groups excluding carboxylic acids is 1. The van der Waals surface area contributed by atoms with Gasteiger partial charge in [-0.3, -0.25) is 4.79 Å². The third-order valence-corrected chi connectivity index (χ3v) is 2.35. The van der Waals surface area contributed by atoms with Gasteiger partial charge in [-0.25, -0.2) is 4.39 Å². The highest BCUT2D eigenvalue weighted by atomic mass is 35.5. The Morgan fingerprint density at radius 2 is 2.47 bits per heavy atom. The van der Waals surface area contributed by atoms with E-state index in [2.05, 4.69) is 0 Å². The van der Waals surface area contributed by atoms with E-state index in [4.69, 9.17) is 22.4 Å². The van der Waals surface area contributed by atoms with Crippen molar-refractivity contribution in [3.8, 4) is 0 Å². The molecule has 0 spiro atoms. The van der Waals surface area contributed by atoms with Crippen LogP contribution < -0.4 is 0 Å². The van der Waals surface area contributed by atoms with Gasteiger partial charge in [-0.1, -0.05) is 11.6 Å². The summed E-state index contributed by atoms with van der Waals surface area (Å²) in [7, 11) is 0. The smallest absolute Gasteiger partial charge is 0.311 e. The number of halogens is 2. The molecule has 1 rings (SSSR count). The van der Waals surface area contributed by atoms with Gasteiger partial charge in [0.25, 0.3) is 0 Å². The van der Waals surface area contributed by atoms with E-state index in [1.54, 1.807) is 13.8 Å². The van der Waals surface area contributed by atoms with Gasteiger partial charge in [-0.05, 0) is 20.7 Å². The SMILES string of the molecule is [2H]CC(C)(C)C(=O)OC[C@H]1OC(Cl)C[C@@H]1F. The number of carbonyl (C=O) groups is 1. The first-order valence-electron chi connectivity index (χ1n) is 5.47. The highest BCUT2D eigenvalue weighted by molar-refractivity contribution is 6.19. The summed E-state index contributed by atoms with van der Waals surface area (Å²) >= 11 is 5.60. The van der Waals surface area contributed by atoms with Gasteiger partial charge in [0, 0.05) is 7.79 Å². The maximum absolute atomic E-state index is 13.2. The van der Waals surface area contributed by atoms with Crippen molar-refractivity contribution in [2.24, 2.45) is 5.41 Å². The molecule has 0 bridgehead atoms. The molecule has 3 nitrogen and oxygen atoms in total. The normalized spacial score (nSPS) is 32.5. The lowest BCUT2D eigenvalue weighted by Gasteiger charge is -2.19. The molecule has 0 amide bonds. The molecule has 0 N–H and O–H groups in total. The van der Waals surface area contributed by atoms with Crippen LogP contribution in [0.25, 0.3) is 0 Å². The minimum absolute atomic E-state index is 0.0749. The largest absolute Gasteiger partial charge is 0.462 e. The molecule has 1 unspecified atom stereocenters. The average Bonchev–Trinajstić information content (AvgIpc) is 2.53. The van der Waals surface area contributed by atoms with Crippen LogP contribution in [0.2, 0.25) is 0 Å². The molecule has 15 heavy (non-hydrogen) atoms. The standard InChI is InChI=1S/C10H16ClFO3/c1-10(2,3)9(13)14-5-7-6(12)4-8(11)15-7/h6-8H,4-5H2,1-3H3/t6-,7+,8?/m0/s1/i1D. The second-order valence-corrected chi connectivity index (χ2v) is 4.81. The maximum atomic E-state index is 13.2. The summed E-state index contributed by atoms with van der Waals surface area (Å²) in [4.78, 5) is 11.5. The highest BCUT2D eigenvalue weighted by Gasteiger charge is 2.36. The Hall–Kier alpha value is -0.350. The summed E-state index contributed by atoms with van der Waals surface area (Å²) in [6.45, 7) is 2.99. The van der Waals surface area contributed by atoms with Crippen molar-refractivity contribution in [2.75, 3.05) is 6.61 Å². The Morgan fingerprint density at radius 3 is 2.93 bits per heavy atom. The van der Waals surface area contributed by atoms with Crippen LogP contribution in [0.4, 0.5) is 4.39 Å². The van der Waals surface area contributed by atoms with Crippen LogP contribution in [-0.4, -0.2) is 30.4 Å². The Balaban J connectivity index is 2.38. The molecule has 0 radical (unpaired) electrons. The van der Waals surface area contributed by atoms with Crippen molar-refractivity contribution >= 4 is 17.6 Å². The van der Waals surface area contributed by atoms with E-state index in [1.165, 1.54) is 0 Å². The quantitative estimate of drug-likeness (QED) is 0.548. The van der Waals surface area contributed by atoms with Gasteiger partial charge in [0.15, 0.2) is 0 Å². The van der Waals surface area contributed by atoms with Gasteiger partial charge in [-0.15, -0.1) is 0 Å². The van der Waals surface area contributed by atoms with Crippen LogP contribution >= 0.6 is 11.6 Å². The fourth-order valence-corrected chi connectivity index (χ4v) is 1.46. The zero-order valence-corrected chi connectivity index (χ0v) is 9.59. The molecule has 0 aromatic carbocycles. The van der Waals surface area contributed by atoms with Gasteiger partial charge in [0.05, 0.1) is 5.41 Å². The van der Waals surface area contributed by atoms with Gasteiger partial charge < -0.3 is 9.47 Å². The first kappa shape index (κ1) is 11.1. The van der Waals surface area contributed by atoms with Gasteiger partial charge >= 0.3 is 5.97 Å². The molecule has 0 aromatic heterocycles. The molecule has 1 aliphatic rings. The molecule has 1 fully saturated rings. The maximum Gasteiger partial charge on any atom is 0.311 e. The number of ether oxygens (including phenoxy) is 2. The molecule has 1 saturated heterocycles. The summed E-state index contributed by atoms with van der Waals surface area (Å²) < 4.78 is 30.4. The number of rotatable bonds is 2. The minimum atomic E-state index is -1.20. The van der Waals surface area contributed by atoms with Crippen molar-refractivity contribution in [1.82, 2.24) is 0 Å². The van der Waals surface area contributed by atoms with E-state index in [9.17, 15) is 9.18 Å². The Morgan fingerprint density at radius 1 is 1.80 bits per heavy atom. The van der Waals surface area contributed by atoms with Gasteiger partial charge in [-0.2, -0.15) is 0 Å². The van der Waals surface area contributed by atoms with Crippen molar-refractivity contribution < 1.29 is 20.0 Å². The van der Waals surface area contributed by atoms with Crippen LogP contribution in [0.3, 0.4) is 0 Å². The fraction of sp³-hybridized carbons (Fsp3) is 0.900. The van der Waals surface area contributed by atoms with Crippen molar-refractivity contribution in [3.05, 3.63) is 0 Å². The summed E-state index contributed by atoms with van der Waals surface area (Å²) in [5.41, 5.74) is -1.52. The predicted octanol–water partition coefficient (Wildman–Crippen LogP) is 2.27. The van der Waals surface area contributed by atoms with E-state index in [0.717, 1.165) is 0 Å². The van der Waals surface area contributed by atoms with Crippen LogP contribution in [0.15, 0.2) is 0 Å². The predicted molar refractivity (Wildman–Crippen MR) is 54.4 cm³/mol. The molecule has 0 saturated carbocycles. The summed E-state index contributed by atoms with van der Waals surface area (Å²) in [5.74, 6) is -0.517. The molecule has 0 aliphatic carbocycles. The van der Waals surface area contributed by atoms with E-state index in [1.807, 2.05) is 0 Å². The first-order chi connectivity index (χ1) is 7.36. The second-order valence-electron chi connectivity index (χ2n) is 4.32. The van der Waals surface area contributed by atoms with Gasteiger partial charge in [0.2, 0.25) is 0 Å². The summed E-state index contributed by atoms with van der Waals surface area (Å²) in [6, 6.07) is 0. The van der Waals surface area contributed by atoms with Crippen molar-refractivity contribution in [1.29, 1.82) is 0 Å². The zero-order valence-electron chi connectivity index (χ0n) is 9.83. The lowest BCUT2D eigenvalue weighted by Crippen LogP contribution is -2.30. The second kappa shape index (κ2) is 4.66. The average molecular weight is 240 g/mol. The lowest BCUT2D eigenvalue weighted by atomic mass is 9.97. The van der Waals surface area contributed by atoms with Crippen LogP contribution in [0, 0.1) is 5.41 Å². The van der Waals surface area contributed by atoms with E-state index < -0.39 is 29.2 Å². The lowest BCUT2D eigenvalue weighted by molar-refractivity contribution is -0.157. The molecule has 0 aromatic rings. The van der Waals surface area contributed by atoms with Crippen LogP contribution in [0.5, 0.6) is 0 Å². The van der Waals surface area contributed by atoms with E-state index in [-0.39, 0.29) is 19.9 Å². The number of hydrogen-bond donors (Lipinski definition) is 0. The minimum Gasteiger partial charge on any atom is -0.462 e. The molecule has 88 valence electrons. The highest BCUT2D eigenvalue weighted by Crippen LogP contribution is 2.26.